The van der Waals surface area contributed by atoms with Crippen molar-refractivity contribution in [2.45, 2.75) is 19.8 Å². The Morgan fingerprint density at radius 1 is 1.08 bits per heavy atom. The molecule has 1 aliphatic heterocycles. The quantitative estimate of drug-likeness (QED) is 0.707. The van der Waals surface area contributed by atoms with Gasteiger partial charge in [-0.3, -0.25) is 4.79 Å². The molecule has 0 saturated carbocycles. The highest BCUT2D eigenvalue weighted by Crippen LogP contribution is 2.34. The third-order valence-corrected chi connectivity index (χ3v) is 4.62. The summed E-state index contributed by atoms with van der Waals surface area (Å²) in [5.74, 6) is 2.09. The molecular formula is C21H20O5. The molecule has 0 saturated heterocycles. The van der Waals surface area contributed by atoms with E-state index in [1.54, 1.807) is 13.2 Å². The van der Waals surface area contributed by atoms with Gasteiger partial charge >= 0.3 is 0 Å². The van der Waals surface area contributed by atoms with Gasteiger partial charge in [0, 0.05) is 12.5 Å². The van der Waals surface area contributed by atoms with Crippen LogP contribution in [-0.4, -0.2) is 20.3 Å². The van der Waals surface area contributed by atoms with E-state index in [0.717, 1.165) is 29.7 Å². The van der Waals surface area contributed by atoms with Gasteiger partial charge < -0.3 is 18.6 Å². The van der Waals surface area contributed by atoms with Crippen molar-refractivity contribution in [2.24, 2.45) is 0 Å². The monoisotopic (exact) mass is 352 g/mol. The summed E-state index contributed by atoms with van der Waals surface area (Å²) in [6.07, 6.45) is 3.10. The fraction of sp³-hybridized carbons (Fsp3) is 0.286. The summed E-state index contributed by atoms with van der Waals surface area (Å²) in [5, 5.41) is 0.548. The van der Waals surface area contributed by atoms with Crippen LogP contribution in [0.3, 0.4) is 0 Å². The Morgan fingerprint density at radius 2 is 1.88 bits per heavy atom. The van der Waals surface area contributed by atoms with Crippen molar-refractivity contribution < 1.29 is 18.6 Å². The molecule has 1 aromatic heterocycles. The summed E-state index contributed by atoms with van der Waals surface area (Å²) < 4.78 is 22.5. The molecule has 0 radical (unpaired) electrons. The zero-order chi connectivity index (χ0) is 18.1. The molecule has 134 valence electrons. The third-order valence-electron chi connectivity index (χ3n) is 4.62. The predicted octanol–water partition coefficient (Wildman–Crippen LogP) is 4.19. The second-order valence-corrected chi connectivity index (χ2v) is 6.20. The van der Waals surface area contributed by atoms with Crippen LogP contribution in [0.2, 0.25) is 0 Å². The number of methoxy groups -OCH3 is 1. The molecule has 0 atom stereocenters. The maximum Gasteiger partial charge on any atom is 0.200 e. The lowest BCUT2D eigenvalue weighted by molar-refractivity contribution is 0.297. The molecule has 0 aliphatic carbocycles. The molecule has 4 rings (SSSR count). The fourth-order valence-corrected chi connectivity index (χ4v) is 3.20. The molecule has 26 heavy (non-hydrogen) atoms. The van der Waals surface area contributed by atoms with Crippen LogP contribution in [0.25, 0.3) is 22.1 Å². The van der Waals surface area contributed by atoms with E-state index in [2.05, 4.69) is 0 Å². The van der Waals surface area contributed by atoms with Crippen molar-refractivity contribution in [3.05, 3.63) is 52.4 Å². The maximum atomic E-state index is 13.1. The first-order chi connectivity index (χ1) is 12.7. The Balaban J connectivity index is 1.86. The number of ether oxygens (including phenoxy) is 3. The van der Waals surface area contributed by atoms with Crippen LogP contribution in [0.1, 0.15) is 18.9 Å². The zero-order valence-corrected chi connectivity index (χ0v) is 14.8. The minimum absolute atomic E-state index is 0.0712. The van der Waals surface area contributed by atoms with Gasteiger partial charge in [-0.15, -0.1) is 0 Å². The van der Waals surface area contributed by atoms with Crippen LogP contribution in [0.4, 0.5) is 0 Å². The second-order valence-electron chi connectivity index (χ2n) is 6.20. The minimum Gasteiger partial charge on any atom is -0.496 e. The Hall–Kier alpha value is -2.95. The molecule has 0 unspecified atom stereocenters. The van der Waals surface area contributed by atoms with E-state index in [4.69, 9.17) is 18.6 Å². The molecule has 2 aromatic carbocycles. The van der Waals surface area contributed by atoms with Gasteiger partial charge in [0.2, 0.25) is 5.43 Å². The summed E-state index contributed by atoms with van der Waals surface area (Å²) in [6, 6.07) is 9.16. The lowest BCUT2D eigenvalue weighted by atomic mass is 10.0. The van der Waals surface area contributed by atoms with E-state index < -0.39 is 0 Å². The van der Waals surface area contributed by atoms with E-state index >= 15 is 0 Å². The minimum atomic E-state index is -0.0712. The van der Waals surface area contributed by atoms with Gasteiger partial charge in [0.05, 0.1) is 31.3 Å². The Morgan fingerprint density at radius 3 is 2.65 bits per heavy atom. The molecule has 2 heterocycles. The number of benzene rings is 2. The van der Waals surface area contributed by atoms with Gasteiger partial charge in [-0.1, -0.05) is 13.0 Å². The standard InChI is InChI=1S/C21H20O5/c1-3-13-9-15-19(11-18(13)23-2)26-12-16(21(15)22)14-5-6-17-20(10-14)25-8-4-7-24-17/h5-6,9-12H,3-4,7-8H2,1-2H3. The number of aryl methyl sites for hydroxylation is 1. The molecule has 0 amide bonds. The van der Waals surface area contributed by atoms with E-state index in [-0.39, 0.29) is 5.43 Å². The van der Waals surface area contributed by atoms with Crippen LogP contribution >= 0.6 is 0 Å². The smallest absolute Gasteiger partial charge is 0.200 e. The first kappa shape index (κ1) is 16.5. The number of fused-ring (bicyclic) bond motifs is 2. The average Bonchev–Trinajstić information content (AvgIpc) is 2.92. The molecule has 1 aliphatic rings. The molecule has 3 aromatic rings. The van der Waals surface area contributed by atoms with E-state index in [0.29, 0.717) is 41.2 Å². The summed E-state index contributed by atoms with van der Waals surface area (Å²) in [7, 11) is 1.62. The zero-order valence-electron chi connectivity index (χ0n) is 14.8. The van der Waals surface area contributed by atoms with Crippen LogP contribution in [0.5, 0.6) is 17.2 Å². The Kier molecular flexibility index (Phi) is 4.29. The van der Waals surface area contributed by atoms with Gasteiger partial charge in [0.1, 0.15) is 17.6 Å². The SMILES string of the molecule is CCc1cc2c(=O)c(-c3ccc4c(c3)OCCCO4)coc2cc1OC. The van der Waals surface area contributed by atoms with Crippen molar-refractivity contribution in [3.8, 4) is 28.4 Å². The maximum absolute atomic E-state index is 13.1. The van der Waals surface area contributed by atoms with E-state index in [1.165, 1.54) is 6.26 Å². The highest BCUT2D eigenvalue weighted by Gasteiger charge is 2.16. The van der Waals surface area contributed by atoms with Crippen molar-refractivity contribution in [1.29, 1.82) is 0 Å². The van der Waals surface area contributed by atoms with Gasteiger partial charge in [0.25, 0.3) is 0 Å². The number of hydrogen-bond acceptors (Lipinski definition) is 5. The first-order valence-corrected chi connectivity index (χ1v) is 8.73. The first-order valence-electron chi connectivity index (χ1n) is 8.73. The third kappa shape index (κ3) is 2.79. The number of rotatable bonds is 3. The predicted molar refractivity (Wildman–Crippen MR) is 99.5 cm³/mol. The molecule has 0 spiro atoms. The Labute approximate surface area is 151 Å². The van der Waals surface area contributed by atoms with Crippen molar-refractivity contribution in [3.63, 3.8) is 0 Å². The van der Waals surface area contributed by atoms with E-state index in [9.17, 15) is 4.79 Å². The second kappa shape index (κ2) is 6.75. The van der Waals surface area contributed by atoms with Gasteiger partial charge in [0.15, 0.2) is 11.5 Å². The highest BCUT2D eigenvalue weighted by atomic mass is 16.5. The molecule has 5 heteroatoms. The lowest BCUT2D eigenvalue weighted by Crippen LogP contribution is -2.06. The lowest BCUT2D eigenvalue weighted by Gasteiger charge is -2.11. The topological polar surface area (TPSA) is 57.9 Å². The van der Waals surface area contributed by atoms with Crippen molar-refractivity contribution >= 4 is 11.0 Å². The fourth-order valence-electron chi connectivity index (χ4n) is 3.20. The average molecular weight is 352 g/mol. The number of hydrogen-bond donors (Lipinski definition) is 0. The summed E-state index contributed by atoms with van der Waals surface area (Å²) in [6.45, 7) is 3.26. The van der Waals surface area contributed by atoms with Crippen LogP contribution in [0, 0.1) is 0 Å². The van der Waals surface area contributed by atoms with Crippen LogP contribution in [0.15, 0.2) is 45.8 Å². The van der Waals surface area contributed by atoms with Crippen LogP contribution < -0.4 is 19.6 Å². The normalized spacial score (nSPS) is 13.5. The summed E-state index contributed by atoms with van der Waals surface area (Å²) in [5.41, 5.74) is 2.67. The van der Waals surface area contributed by atoms with E-state index in [1.807, 2.05) is 31.2 Å². The summed E-state index contributed by atoms with van der Waals surface area (Å²) in [4.78, 5) is 13.1. The van der Waals surface area contributed by atoms with Crippen molar-refractivity contribution in [2.75, 3.05) is 20.3 Å². The molecule has 0 N–H and O–H groups in total. The van der Waals surface area contributed by atoms with Gasteiger partial charge in [-0.2, -0.15) is 0 Å². The van der Waals surface area contributed by atoms with Gasteiger partial charge in [-0.25, -0.2) is 0 Å². The van der Waals surface area contributed by atoms with Crippen molar-refractivity contribution in [1.82, 2.24) is 0 Å². The molecule has 0 bridgehead atoms. The molecule has 5 nitrogen and oxygen atoms in total. The highest BCUT2D eigenvalue weighted by molar-refractivity contribution is 5.84. The Bertz CT molecular complexity index is 1020. The van der Waals surface area contributed by atoms with Crippen LogP contribution in [-0.2, 0) is 6.42 Å². The summed E-state index contributed by atoms with van der Waals surface area (Å²) >= 11 is 0. The largest absolute Gasteiger partial charge is 0.496 e. The molecular weight excluding hydrogens is 332 g/mol. The molecule has 0 fully saturated rings. The van der Waals surface area contributed by atoms with Gasteiger partial charge in [-0.05, 0) is 35.7 Å².